The quantitative estimate of drug-likeness (QED) is 0.438. The van der Waals surface area contributed by atoms with E-state index < -0.39 is 0 Å². The van der Waals surface area contributed by atoms with Crippen LogP contribution >= 0.6 is 0 Å². The van der Waals surface area contributed by atoms with Gasteiger partial charge in [-0.15, -0.1) is 0 Å². The van der Waals surface area contributed by atoms with E-state index in [4.69, 9.17) is 5.11 Å². The van der Waals surface area contributed by atoms with Gasteiger partial charge in [-0.3, -0.25) is 0 Å². The summed E-state index contributed by atoms with van der Waals surface area (Å²) in [6, 6.07) is 8.71. The molecule has 0 spiro atoms. The minimum atomic E-state index is 0. The largest absolute Gasteiger partial charge is 0.508 e. The number of hydrogen-bond donors (Lipinski definition) is 1. The highest BCUT2D eigenvalue weighted by Gasteiger charge is 1.74. The molecule has 0 amide bonds. The van der Waals surface area contributed by atoms with Crippen LogP contribution in [-0.4, -0.2) is 21.9 Å². The van der Waals surface area contributed by atoms with Crippen LogP contribution in [0.5, 0.6) is 5.75 Å². The number of benzene rings is 1. The Labute approximate surface area is 58.9 Å². The Bertz CT molecular complexity index is 141. The van der Waals surface area contributed by atoms with E-state index in [1.54, 1.807) is 24.3 Å². The van der Waals surface area contributed by atoms with E-state index in [1.165, 1.54) is 0 Å². The first-order valence-electron chi connectivity index (χ1n) is 2.13. The molecule has 0 atom stereocenters. The molecule has 1 nitrogen and oxygen atoms in total. The lowest BCUT2D eigenvalue weighted by atomic mass is 10.3. The minimum Gasteiger partial charge on any atom is -0.508 e. The molecule has 0 bridgehead atoms. The Balaban J connectivity index is 0. The van der Waals surface area contributed by atoms with Gasteiger partial charge in [0.05, 0.1) is 16.8 Å². The molecule has 0 unspecified atom stereocenters. The van der Waals surface area contributed by atoms with E-state index in [9.17, 15) is 0 Å². The van der Waals surface area contributed by atoms with Crippen molar-refractivity contribution in [2.45, 2.75) is 0 Å². The monoisotopic (exact) mass is 122 g/mol. The zero-order chi connectivity index (χ0) is 5.11. The van der Waals surface area contributed by atoms with Crippen molar-refractivity contribution in [2.75, 3.05) is 0 Å². The van der Waals surface area contributed by atoms with E-state index >= 15 is 0 Å². The molecule has 1 rings (SSSR count). The predicted octanol–water partition coefficient (Wildman–Crippen LogP) is -0.976. The topological polar surface area (TPSA) is 20.2 Å². The maximum absolute atomic E-state index is 8.63. The Morgan fingerprint density at radius 2 is 1.33 bits per heavy atom. The summed E-state index contributed by atoms with van der Waals surface area (Å²) in [7, 11) is 0. The molecule has 1 aromatic carbocycles. The van der Waals surface area contributed by atoms with Crippen molar-refractivity contribution in [2.24, 2.45) is 0 Å². The number of hydrogen-bond acceptors (Lipinski definition) is 1. The fourth-order valence-corrected chi connectivity index (χ4v) is 0.428. The molecule has 0 aliphatic carbocycles. The number of para-hydroxylation sites is 1. The Morgan fingerprint density at radius 1 is 0.889 bits per heavy atom. The molecule has 1 N–H and O–H groups in total. The van der Waals surface area contributed by atoms with Gasteiger partial charge in [0, 0.05) is 0 Å². The van der Waals surface area contributed by atoms with Gasteiger partial charge in [-0.2, -0.15) is 0 Å². The molecule has 0 aliphatic heterocycles. The van der Waals surface area contributed by atoms with Crippen LogP contribution in [0.1, 0.15) is 0 Å². The predicted molar refractivity (Wildman–Crippen MR) is 48.0 cm³/mol. The van der Waals surface area contributed by atoms with Crippen LogP contribution in [0.25, 0.3) is 0 Å². The van der Waals surface area contributed by atoms with Crippen LogP contribution in [0.3, 0.4) is 0 Å². The van der Waals surface area contributed by atoms with Gasteiger partial charge in [0.1, 0.15) is 5.75 Å². The van der Waals surface area contributed by atoms with Crippen molar-refractivity contribution in [1.29, 1.82) is 0 Å². The standard InChI is InChI=1S/C6H6O.2BH3/c7-6-4-2-1-3-5-6;;/h1-5,7H;2*1H3. The SMILES string of the molecule is B.B.Oc1ccccc1. The van der Waals surface area contributed by atoms with Crippen LogP contribution in [0.4, 0.5) is 0 Å². The van der Waals surface area contributed by atoms with E-state index in [1.807, 2.05) is 6.07 Å². The number of aromatic hydroxyl groups is 1. The third kappa shape index (κ3) is 3.71. The molecular weight excluding hydrogens is 110 g/mol. The maximum Gasteiger partial charge on any atom is 0.115 e. The normalized spacial score (nSPS) is 6.67. The molecule has 9 heavy (non-hydrogen) atoms. The molecular formula is C6H12B2O. The van der Waals surface area contributed by atoms with Crippen molar-refractivity contribution >= 4 is 16.8 Å². The van der Waals surface area contributed by atoms with Crippen molar-refractivity contribution in [1.82, 2.24) is 0 Å². The van der Waals surface area contributed by atoms with Crippen LogP contribution in [0.2, 0.25) is 0 Å². The van der Waals surface area contributed by atoms with Crippen molar-refractivity contribution < 1.29 is 5.11 Å². The lowest BCUT2D eigenvalue weighted by Gasteiger charge is -1.82. The lowest BCUT2D eigenvalue weighted by Crippen LogP contribution is -1.56. The van der Waals surface area contributed by atoms with Crippen LogP contribution in [0.15, 0.2) is 30.3 Å². The molecule has 0 saturated heterocycles. The zero-order valence-electron chi connectivity index (χ0n) is 3.83. The van der Waals surface area contributed by atoms with E-state index in [2.05, 4.69) is 0 Å². The highest BCUT2D eigenvalue weighted by molar-refractivity contribution is 5.76. The summed E-state index contributed by atoms with van der Waals surface area (Å²) in [5.74, 6) is 0.322. The first-order valence-corrected chi connectivity index (χ1v) is 2.13. The number of rotatable bonds is 0. The fourth-order valence-electron chi connectivity index (χ4n) is 0.428. The van der Waals surface area contributed by atoms with Crippen molar-refractivity contribution in [3.05, 3.63) is 30.3 Å². The van der Waals surface area contributed by atoms with Gasteiger partial charge in [-0.25, -0.2) is 0 Å². The zero-order valence-corrected chi connectivity index (χ0v) is 3.83. The first kappa shape index (κ1) is 11.0. The summed E-state index contributed by atoms with van der Waals surface area (Å²) in [6.07, 6.45) is 0. The highest BCUT2D eigenvalue weighted by atomic mass is 16.3. The summed E-state index contributed by atoms with van der Waals surface area (Å²) in [6.45, 7) is 0. The van der Waals surface area contributed by atoms with Crippen molar-refractivity contribution in [3.8, 4) is 5.75 Å². The van der Waals surface area contributed by atoms with E-state index in [0.717, 1.165) is 0 Å². The summed E-state index contributed by atoms with van der Waals surface area (Å²) < 4.78 is 0. The van der Waals surface area contributed by atoms with Gasteiger partial charge in [-0.05, 0) is 12.1 Å². The van der Waals surface area contributed by atoms with Crippen molar-refractivity contribution in [3.63, 3.8) is 0 Å². The third-order valence-corrected chi connectivity index (χ3v) is 0.756. The second kappa shape index (κ2) is 5.29. The lowest BCUT2D eigenvalue weighted by molar-refractivity contribution is 0.475. The Hall–Kier alpha value is -0.850. The number of phenols is 1. The second-order valence-corrected chi connectivity index (χ2v) is 1.34. The number of phenolic OH excluding ortho intramolecular Hbond substituents is 1. The average molecular weight is 122 g/mol. The van der Waals surface area contributed by atoms with Gasteiger partial charge in [-0.1, -0.05) is 18.2 Å². The van der Waals surface area contributed by atoms with Crippen LogP contribution in [0, 0.1) is 0 Å². The fraction of sp³-hybridized carbons (Fsp3) is 0. The molecule has 48 valence electrons. The Kier molecular flexibility index (Phi) is 6.47. The Morgan fingerprint density at radius 3 is 1.56 bits per heavy atom. The van der Waals surface area contributed by atoms with Gasteiger partial charge in [0.2, 0.25) is 0 Å². The highest BCUT2D eigenvalue weighted by Crippen LogP contribution is 2.02. The minimum absolute atomic E-state index is 0. The third-order valence-electron chi connectivity index (χ3n) is 0.756. The molecule has 1 aromatic rings. The van der Waals surface area contributed by atoms with Gasteiger partial charge in [0.15, 0.2) is 0 Å². The summed E-state index contributed by atoms with van der Waals surface area (Å²) >= 11 is 0. The molecule has 0 saturated carbocycles. The molecule has 0 radical (unpaired) electrons. The molecule has 0 aliphatic rings. The molecule has 0 heterocycles. The average Bonchev–Trinajstić information content (AvgIpc) is 1.69. The molecule has 3 heteroatoms. The summed E-state index contributed by atoms with van der Waals surface area (Å²) in [5, 5.41) is 8.63. The molecule has 0 fully saturated rings. The summed E-state index contributed by atoms with van der Waals surface area (Å²) in [4.78, 5) is 0. The van der Waals surface area contributed by atoms with Gasteiger partial charge >= 0.3 is 0 Å². The molecule has 0 aromatic heterocycles. The van der Waals surface area contributed by atoms with Crippen LogP contribution in [-0.2, 0) is 0 Å². The second-order valence-electron chi connectivity index (χ2n) is 1.34. The van der Waals surface area contributed by atoms with E-state index in [-0.39, 0.29) is 16.8 Å². The van der Waals surface area contributed by atoms with Crippen LogP contribution < -0.4 is 0 Å². The van der Waals surface area contributed by atoms with Gasteiger partial charge < -0.3 is 5.11 Å². The summed E-state index contributed by atoms with van der Waals surface area (Å²) in [5.41, 5.74) is 0. The first-order chi connectivity index (χ1) is 3.39. The maximum atomic E-state index is 8.63. The van der Waals surface area contributed by atoms with Gasteiger partial charge in [0.25, 0.3) is 0 Å². The smallest absolute Gasteiger partial charge is 0.115 e. The van der Waals surface area contributed by atoms with E-state index in [0.29, 0.717) is 5.75 Å².